The summed E-state index contributed by atoms with van der Waals surface area (Å²) in [4.78, 5) is 35.9. The van der Waals surface area contributed by atoms with Crippen molar-refractivity contribution in [3.05, 3.63) is 41.3 Å². The molecule has 1 aliphatic heterocycles. The minimum absolute atomic E-state index is 0.00576. The molecule has 2 aliphatic carbocycles. The van der Waals surface area contributed by atoms with Crippen LogP contribution in [0, 0.1) is 11.8 Å². The molecule has 2 unspecified atom stereocenters. The maximum Gasteiger partial charge on any atom is 0.248 e. The van der Waals surface area contributed by atoms with Gasteiger partial charge in [0.2, 0.25) is 5.91 Å². The fraction of sp³-hybridized carbons (Fsp3) is 0.545. The Morgan fingerprint density at radius 1 is 1.29 bits per heavy atom. The second-order valence-electron chi connectivity index (χ2n) is 8.68. The minimum Gasteiger partial charge on any atom is -0.364 e. The lowest BCUT2D eigenvalue weighted by Gasteiger charge is -2.32. The minimum atomic E-state index is -3.45. The zero-order valence-electron chi connectivity index (χ0n) is 17.7. The van der Waals surface area contributed by atoms with Crippen LogP contribution in [0.3, 0.4) is 0 Å². The van der Waals surface area contributed by atoms with Gasteiger partial charge in [0, 0.05) is 31.6 Å². The Labute approximate surface area is 182 Å². The van der Waals surface area contributed by atoms with Crippen LogP contribution in [0.5, 0.6) is 0 Å². The first-order valence-corrected chi connectivity index (χ1v) is 12.7. The fourth-order valence-corrected chi connectivity index (χ4v) is 5.89. The lowest BCUT2D eigenvalue weighted by atomic mass is 9.84. The number of aromatic nitrogens is 2. The number of ketones is 1. The molecule has 4 rings (SSSR count). The third kappa shape index (κ3) is 4.87. The van der Waals surface area contributed by atoms with Gasteiger partial charge in [0.05, 0.1) is 10.8 Å². The predicted octanol–water partition coefficient (Wildman–Crippen LogP) is 2.47. The molecule has 3 aliphatic rings. The van der Waals surface area contributed by atoms with Crippen LogP contribution in [0.2, 0.25) is 0 Å². The monoisotopic (exact) mass is 444 g/mol. The van der Waals surface area contributed by atoms with Crippen molar-refractivity contribution in [1.29, 1.82) is 0 Å². The molecule has 2 heterocycles. The number of hydrogen-bond donors (Lipinski definition) is 1. The number of sulfone groups is 1. The van der Waals surface area contributed by atoms with Crippen LogP contribution < -0.4 is 5.32 Å². The zero-order valence-corrected chi connectivity index (χ0v) is 18.5. The summed E-state index contributed by atoms with van der Waals surface area (Å²) in [5.41, 5.74) is 0.516. The van der Waals surface area contributed by atoms with E-state index in [1.807, 2.05) is 4.90 Å². The van der Waals surface area contributed by atoms with Gasteiger partial charge in [-0.25, -0.2) is 18.4 Å². The molecule has 1 aromatic heterocycles. The van der Waals surface area contributed by atoms with E-state index in [-0.39, 0.29) is 23.0 Å². The Kier molecular flexibility index (Phi) is 6.22. The van der Waals surface area contributed by atoms with Crippen molar-refractivity contribution in [1.82, 2.24) is 14.9 Å². The van der Waals surface area contributed by atoms with Gasteiger partial charge in [-0.3, -0.25) is 9.59 Å². The number of carbonyl (C=O) groups excluding carboxylic acids is 2. The molecule has 1 amide bonds. The Bertz CT molecular complexity index is 1010. The molecule has 1 fully saturated rings. The van der Waals surface area contributed by atoms with Crippen molar-refractivity contribution in [2.24, 2.45) is 11.8 Å². The van der Waals surface area contributed by atoms with E-state index < -0.39 is 21.8 Å². The number of fused-ring (bicyclic) bond motifs is 1. The summed E-state index contributed by atoms with van der Waals surface area (Å²) < 4.78 is 24.5. The van der Waals surface area contributed by atoms with Crippen LogP contribution in [0.25, 0.3) is 0 Å². The van der Waals surface area contributed by atoms with Crippen LogP contribution in [-0.2, 0) is 19.4 Å². The molecule has 2 atom stereocenters. The Morgan fingerprint density at radius 2 is 2.06 bits per heavy atom. The van der Waals surface area contributed by atoms with Gasteiger partial charge >= 0.3 is 0 Å². The summed E-state index contributed by atoms with van der Waals surface area (Å²) in [6.45, 7) is 0.329. The molecule has 0 radical (unpaired) electrons. The summed E-state index contributed by atoms with van der Waals surface area (Å²) in [5.74, 6) is 0.142. The number of nitrogens with one attached hydrogen (secondary N) is 1. The fourth-order valence-electron chi connectivity index (χ4n) is 4.88. The molecule has 0 spiro atoms. The molecular weight excluding hydrogens is 416 g/mol. The molecule has 0 saturated heterocycles. The average Bonchev–Trinajstić information content (AvgIpc) is 3.18. The number of hydrogen-bond acceptors (Lipinski definition) is 7. The summed E-state index contributed by atoms with van der Waals surface area (Å²) in [7, 11) is -3.45. The van der Waals surface area contributed by atoms with Gasteiger partial charge in [0.1, 0.15) is 24.0 Å². The third-order valence-electron chi connectivity index (χ3n) is 6.45. The number of Topliss-reactive ketones (excluding diaryl/α,β-unsaturated/α-hetero) is 1. The SMILES string of the molecule is CS(=O)(=O)C1=CCC(=O)C2CN(C(CC3CCCCC3)C(=O)Nc3ccncn3)C=C12. The van der Waals surface area contributed by atoms with E-state index in [1.165, 1.54) is 18.8 Å². The number of anilines is 1. The first-order valence-electron chi connectivity index (χ1n) is 10.8. The number of nitrogens with zero attached hydrogens (tertiary/aromatic N) is 3. The molecule has 0 aromatic carbocycles. The highest BCUT2D eigenvalue weighted by Crippen LogP contribution is 2.38. The normalized spacial score (nSPS) is 23.1. The highest BCUT2D eigenvalue weighted by molar-refractivity contribution is 7.94. The van der Waals surface area contributed by atoms with Crippen molar-refractivity contribution in [3.8, 4) is 0 Å². The van der Waals surface area contributed by atoms with Crippen molar-refractivity contribution in [2.45, 2.75) is 51.0 Å². The summed E-state index contributed by atoms with van der Waals surface area (Å²) >= 11 is 0. The highest BCUT2D eigenvalue weighted by atomic mass is 32.2. The first-order chi connectivity index (χ1) is 14.8. The van der Waals surface area contributed by atoms with Crippen LogP contribution in [-0.4, -0.2) is 53.8 Å². The van der Waals surface area contributed by atoms with Gasteiger partial charge in [0.15, 0.2) is 9.84 Å². The number of rotatable bonds is 6. The van der Waals surface area contributed by atoms with Gasteiger partial charge in [0.25, 0.3) is 0 Å². The molecule has 0 bridgehead atoms. The van der Waals surface area contributed by atoms with E-state index in [1.54, 1.807) is 18.5 Å². The Morgan fingerprint density at radius 3 is 2.74 bits per heavy atom. The molecule has 1 saturated carbocycles. The molecule has 166 valence electrons. The molecular formula is C22H28N4O4S. The smallest absolute Gasteiger partial charge is 0.248 e. The lowest BCUT2D eigenvalue weighted by Crippen LogP contribution is -2.43. The van der Waals surface area contributed by atoms with Crippen molar-refractivity contribution >= 4 is 27.3 Å². The van der Waals surface area contributed by atoms with Crippen molar-refractivity contribution < 1.29 is 18.0 Å². The molecule has 1 N–H and O–H groups in total. The largest absolute Gasteiger partial charge is 0.364 e. The summed E-state index contributed by atoms with van der Waals surface area (Å²) in [6, 6.07) is 1.14. The second kappa shape index (κ2) is 8.90. The maximum absolute atomic E-state index is 13.3. The average molecular weight is 445 g/mol. The van der Waals surface area contributed by atoms with Crippen LogP contribution in [0.1, 0.15) is 44.9 Å². The van der Waals surface area contributed by atoms with E-state index in [0.717, 1.165) is 31.9 Å². The summed E-state index contributed by atoms with van der Waals surface area (Å²) in [6.07, 6.45) is 13.8. The van der Waals surface area contributed by atoms with E-state index >= 15 is 0 Å². The molecule has 31 heavy (non-hydrogen) atoms. The van der Waals surface area contributed by atoms with Crippen LogP contribution in [0.4, 0.5) is 5.82 Å². The van der Waals surface area contributed by atoms with Crippen molar-refractivity contribution in [3.63, 3.8) is 0 Å². The van der Waals surface area contributed by atoms with Gasteiger partial charge in [-0.05, 0) is 24.0 Å². The molecule has 1 aromatic rings. The second-order valence-corrected chi connectivity index (χ2v) is 10.7. The Balaban J connectivity index is 1.61. The van der Waals surface area contributed by atoms with Crippen molar-refractivity contribution in [2.75, 3.05) is 18.1 Å². The van der Waals surface area contributed by atoms with E-state index in [0.29, 0.717) is 30.3 Å². The van der Waals surface area contributed by atoms with Gasteiger partial charge in [-0.2, -0.15) is 0 Å². The van der Waals surface area contributed by atoms with Gasteiger partial charge < -0.3 is 10.2 Å². The first kappa shape index (κ1) is 21.7. The van der Waals surface area contributed by atoms with E-state index in [9.17, 15) is 18.0 Å². The number of amides is 1. The van der Waals surface area contributed by atoms with Gasteiger partial charge in [-0.1, -0.05) is 38.2 Å². The predicted molar refractivity (Wildman–Crippen MR) is 116 cm³/mol. The number of carbonyl (C=O) groups is 2. The van der Waals surface area contributed by atoms with Crippen LogP contribution in [0.15, 0.2) is 41.3 Å². The topological polar surface area (TPSA) is 109 Å². The maximum atomic E-state index is 13.3. The highest BCUT2D eigenvalue weighted by Gasteiger charge is 2.41. The number of allylic oxidation sites excluding steroid dienone is 2. The molecule has 9 heteroatoms. The lowest BCUT2D eigenvalue weighted by molar-refractivity contribution is -0.123. The third-order valence-corrected chi connectivity index (χ3v) is 7.65. The zero-order chi connectivity index (χ0) is 22.0. The van der Waals surface area contributed by atoms with E-state index in [2.05, 4.69) is 15.3 Å². The standard InChI is InChI=1S/C22H28N4O4S/c1-31(29,30)20-8-7-19(27)16-12-26(13-17(16)20)18(11-15-5-3-2-4-6-15)22(28)25-21-9-10-23-14-24-21/h8-10,13-16,18H,2-7,11-12H2,1H3,(H,23,24,25,28). The van der Waals surface area contributed by atoms with E-state index in [4.69, 9.17) is 0 Å². The Hall–Kier alpha value is -2.55. The van der Waals surface area contributed by atoms with Gasteiger partial charge in [-0.15, -0.1) is 0 Å². The summed E-state index contributed by atoms with van der Waals surface area (Å²) in [5, 5.41) is 2.86. The van der Waals surface area contributed by atoms with Crippen LogP contribution >= 0.6 is 0 Å². The quantitative estimate of drug-likeness (QED) is 0.718. The molecule has 8 nitrogen and oxygen atoms in total.